The summed E-state index contributed by atoms with van der Waals surface area (Å²) in [6.07, 6.45) is 4.92. The number of halogens is 2. The molecule has 0 spiro atoms. The topological polar surface area (TPSA) is 124 Å². The normalized spacial score (nSPS) is 22.4. The Morgan fingerprint density at radius 3 is 2.64 bits per heavy atom. The predicted octanol–water partition coefficient (Wildman–Crippen LogP) is 3.00. The van der Waals surface area contributed by atoms with E-state index in [0.29, 0.717) is 23.2 Å². The van der Waals surface area contributed by atoms with Gasteiger partial charge >= 0.3 is 12.6 Å². The van der Waals surface area contributed by atoms with E-state index in [0.717, 1.165) is 24.1 Å². The van der Waals surface area contributed by atoms with E-state index in [1.54, 1.807) is 0 Å². The van der Waals surface area contributed by atoms with Crippen LogP contribution >= 0.6 is 11.8 Å². The maximum Gasteiger partial charge on any atom is 0.387 e. The molecule has 2 saturated carbocycles. The van der Waals surface area contributed by atoms with Crippen molar-refractivity contribution in [2.75, 3.05) is 11.6 Å². The maximum atomic E-state index is 12.3. The van der Waals surface area contributed by atoms with Gasteiger partial charge in [0.05, 0.1) is 5.75 Å². The molecule has 178 valence electrons. The molecule has 0 aliphatic heterocycles. The van der Waals surface area contributed by atoms with E-state index in [9.17, 15) is 18.4 Å². The molecule has 1 heterocycles. The van der Waals surface area contributed by atoms with Crippen LogP contribution in [0.15, 0.2) is 29.4 Å². The molecule has 4 N–H and O–H groups in total. The molecule has 4 atom stereocenters. The van der Waals surface area contributed by atoms with Crippen LogP contribution in [0, 0.1) is 17.8 Å². The molecular formula is C21H26F2N6O3S. The summed E-state index contributed by atoms with van der Waals surface area (Å²) in [5, 5.41) is 13.4. The summed E-state index contributed by atoms with van der Waals surface area (Å²) in [4.78, 5) is 24.4. The second-order valence-electron chi connectivity index (χ2n) is 8.52. The van der Waals surface area contributed by atoms with Crippen LogP contribution in [0.1, 0.15) is 32.6 Å². The van der Waals surface area contributed by atoms with Gasteiger partial charge in [0.2, 0.25) is 11.1 Å². The molecule has 2 aliphatic rings. The molecule has 12 heteroatoms. The number of rotatable bonds is 8. The molecule has 2 bridgehead atoms. The van der Waals surface area contributed by atoms with Crippen molar-refractivity contribution in [1.82, 2.24) is 25.5 Å². The van der Waals surface area contributed by atoms with E-state index in [2.05, 4.69) is 25.6 Å². The molecule has 2 aromatic rings. The van der Waals surface area contributed by atoms with Crippen molar-refractivity contribution in [1.29, 1.82) is 0 Å². The molecule has 1 aromatic carbocycles. The van der Waals surface area contributed by atoms with Gasteiger partial charge in [0, 0.05) is 11.6 Å². The number of amides is 3. The lowest BCUT2D eigenvalue weighted by atomic mass is 9.84. The first kappa shape index (κ1) is 23.3. The first-order chi connectivity index (χ1) is 15.8. The third-order valence-electron chi connectivity index (χ3n) is 6.38. The van der Waals surface area contributed by atoms with Gasteiger partial charge in [-0.15, -0.1) is 10.2 Å². The number of carbonyl (C=O) groups is 2. The van der Waals surface area contributed by atoms with E-state index in [1.165, 1.54) is 48.2 Å². The Morgan fingerprint density at radius 1 is 1.24 bits per heavy atom. The van der Waals surface area contributed by atoms with Crippen molar-refractivity contribution in [2.45, 2.75) is 50.4 Å². The molecular weight excluding hydrogens is 454 g/mol. The lowest BCUT2D eigenvalue weighted by Crippen LogP contribution is -2.47. The molecule has 2 fully saturated rings. The van der Waals surface area contributed by atoms with E-state index >= 15 is 0 Å². The maximum absolute atomic E-state index is 12.3. The minimum atomic E-state index is -2.91. The molecule has 4 rings (SSSR count). The van der Waals surface area contributed by atoms with Crippen LogP contribution in [0.3, 0.4) is 0 Å². The number of urea groups is 1. The number of ether oxygens (including phenoxy) is 1. The third kappa shape index (κ3) is 5.55. The quantitative estimate of drug-likeness (QED) is 0.392. The number of nitrogens with one attached hydrogen (secondary N) is 2. The van der Waals surface area contributed by atoms with Crippen molar-refractivity contribution in [3.63, 3.8) is 0 Å². The second-order valence-corrected chi connectivity index (χ2v) is 9.46. The number of nitrogens with zero attached hydrogens (tertiary/aromatic N) is 3. The van der Waals surface area contributed by atoms with Crippen LogP contribution in [0.2, 0.25) is 0 Å². The Bertz CT molecular complexity index is 1000. The van der Waals surface area contributed by atoms with Gasteiger partial charge in [-0.3, -0.25) is 10.1 Å². The number of carbonyl (C=O) groups excluding carboxylic acids is 2. The van der Waals surface area contributed by atoms with Crippen LogP contribution in [0.4, 0.5) is 13.6 Å². The summed E-state index contributed by atoms with van der Waals surface area (Å²) < 4.78 is 30.1. The Kier molecular flexibility index (Phi) is 7.01. The molecule has 2 aliphatic carbocycles. The zero-order chi connectivity index (χ0) is 23.5. The number of imide groups is 1. The van der Waals surface area contributed by atoms with Crippen LogP contribution < -0.4 is 21.2 Å². The summed E-state index contributed by atoms with van der Waals surface area (Å²) in [6, 6.07) is 5.30. The summed E-state index contributed by atoms with van der Waals surface area (Å²) in [5.74, 6) is 7.70. The van der Waals surface area contributed by atoms with Crippen molar-refractivity contribution < 1.29 is 23.1 Å². The van der Waals surface area contributed by atoms with Gasteiger partial charge in [0.15, 0.2) is 5.82 Å². The minimum absolute atomic E-state index is 0.0103. The highest BCUT2D eigenvalue weighted by atomic mass is 32.2. The molecule has 0 radical (unpaired) electrons. The average molecular weight is 481 g/mol. The molecule has 3 amide bonds. The van der Waals surface area contributed by atoms with Gasteiger partial charge in [0.25, 0.3) is 0 Å². The zero-order valence-electron chi connectivity index (χ0n) is 18.0. The summed E-state index contributed by atoms with van der Waals surface area (Å²) in [7, 11) is 0. The van der Waals surface area contributed by atoms with Gasteiger partial charge in [-0.1, -0.05) is 18.2 Å². The molecule has 33 heavy (non-hydrogen) atoms. The SMILES string of the molecule is CC(NC(=O)NC(=O)CSc1nnc(-c2ccc(OC(F)F)cc2)n1N)C1CC2CCC1C2. The van der Waals surface area contributed by atoms with Crippen LogP contribution in [-0.4, -0.2) is 45.2 Å². The predicted molar refractivity (Wildman–Crippen MR) is 118 cm³/mol. The van der Waals surface area contributed by atoms with Crippen molar-refractivity contribution in [2.24, 2.45) is 17.8 Å². The van der Waals surface area contributed by atoms with Crippen molar-refractivity contribution in [3.05, 3.63) is 24.3 Å². The highest BCUT2D eigenvalue weighted by molar-refractivity contribution is 7.99. The van der Waals surface area contributed by atoms with Crippen LogP contribution in [0.25, 0.3) is 11.4 Å². The zero-order valence-corrected chi connectivity index (χ0v) is 18.9. The molecule has 1 aromatic heterocycles. The fourth-order valence-corrected chi connectivity index (χ4v) is 5.56. The van der Waals surface area contributed by atoms with Crippen molar-refractivity contribution >= 4 is 23.7 Å². The van der Waals surface area contributed by atoms with E-state index in [4.69, 9.17) is 5.84 Å². The number of hydrogen-bond acceptors (Lipinski definition) is 7. The smallest absolute Gasteiger partial charge is 0.387 e. The fraction of sp³-hybridized carbons (Fsp3) is 0.524. The highest BCUT2D eigenvalue weighted by Crippen LogP contribution is 2.49. The summed E-state index contributed by atoms with van der Waals surface area (Å²) in [6.45, 7) is -0.916. The van der Waals surface area contributed by atoms with E-state index < -0.39 is 18.5 Å². The number of fused-ring (bicyclic) bond motifs is 2. The number of nitrogen functional groups attached to an aromatic ring is 1. The fourth-order valence-electron chi connectivity index (χ4n) is 4.91. The lowest BCUT2D eigenvalue weighted by molar-refractivity contribution is -0.117. The Labute approximate surface area is 193 Å². The number of hydrogen-bond donors (Lipinski definition) is 3. The number of alkyl halides is 2. The average Bonchev–Trinajstić information content (AvgIpc) is 3.48. The van der Waals surface area contributed by atoms with Gasteiger partial charge in [-0.25, -0.2) is 9.47 Å². The molecule has 0 saturated heterocycles. The van der Waals surface area contributed by atoms with Gasteiger partial charge < -0.3 is 15.9 Å². The molecule has 4 unspecified atom stereocenters. The Balaban J connectivity index is 1.25. The summed E-state index contributed by atoms with van der Waals surface area (Å²) >= 11 is 1.03. The number of thioether (sulfide) groups is 1. The first-order valence-electron chi connectivity index (χ1n) is 10.8. The summed E-state index contributed by atoms with van der Waals surface area (Å²) in [5.41, 5.74) is 0.539. The van der Waals surface area contributed by atoms with Crippen LogP contribution in [-0.2, 0) is 4.79 Å². The third-order valence-corrected chi connectivity index (χ3v) is 7.32. The van der Waals surface area contributed by atoms with Crippen molar-refractivity contribution in [3.8, 4) is 17.1 Å². The standard InChI is InChI=1S/C21H26F2N6O3S/c1-11(16-9-12-2-3-14(16)8-12)25-20(31)26-17(30)10-33-21-28-27-18(29(21)24)13-4-6-15(7-5-13)32-19(22)23/h4-7,11-12,14,16,19H,2-3,8-10,24H2,1H3,(H2,25,26,30,31). The largest absolute Gasteiger partial charge is 0.435 e. The first-order valence-corrected chi connectivity index (χ1v) is 11.8. The Hall–Kier alpha value is -2.89. The Morgan fingerprint density at radius 2 is 2.00 bits per heavy atom. The van der Waals surface area contributed by atoms with Gasteiger partial charge in [-0.05, 0) is 68.2 Å². The van der Waals surface area contributed by atoms with Crippen LogP contribution in [0.5, 0.6) is 5.75 Å². The minimum Gasteiger partial charge on any atom is -0.435 e. The molecule has 9 nitrogen and oxygen atoms in total. The van der Waals surface area contributed by atoms with E-state index in [1.807, 2.05) is 6.92 Å². The lowest BCUT2D eigenvalue weighted by Gasteiger charge is -2.28. The van der Waals surface area contributed by atoms with E-state index in [-0.39, 0.29) is 22.7 Å². The second kappa shape index (κ2) is 9.94. The monoisotopic (exact) mass is 480 g/mol. The number of aromatic nitrogens is 3. The number of benzene rings is 1. The highest BCUT2D eigenvalue weighted by Gasteiger charge is 2.42. The number of nitrogens with two attached hydrogens (primary N) is 1. The van der Waals surface area contributed by atoms with Gasteiger partial charge in [0.1, 0.15) is 5.75 Å². The van der Waals surface area contributed by atoms with Gasteiger partial charge in [-0.2, -0.15) is 8.78 Å².